The summed E-state index contributed by atoms with van der Waals surface area (Å²) >= 11 is 0. The number of hydrogen-bond donors (Lipinski definition) is 2. The SMILES string of the molecule is CCCCCNC(=O)C1CC(OC)CN1. The molecule has 0 aromatic carbocycles. The maximum atomic E-state index is 11.6. The van der Waals surface area contributed by atoms with Gasteiger partial charge in [-0.3, -0.25) is 4.79 Å². The van der Waals surface area contributed by atoms with Crippen molar-refractivity contribution in [2.45, 2.75) is 44.8 Å². The Morgan fingerprint density at radius 2 is 2.33 bits per heavy atom. The molecular weight excluding hydrogens is 192 g/mol. The number of amides is 1. The van der Waals surface area contributed by atoms with E-state index < -0.39 is 0 Å². The van der Waals surface area contributed by atoms with E-state index in [1.54, 1.807) is 7.11 Å². The number of hydrogen-bond acceptors (Lipinski definition) is 3. The van der Waals surface area contributed by atoms with Gasteiger partial charge < -0.3 is 15.4 Å². The summed E-state index contributed by atoms with van der Waals surface area (Å²) in [6.45, 7) is 3.73. The van der Waals surface area contributed by atoms with Gasteiger partial charge in [0.05, 0.1) is 12.1 Å². The third-order valence-electron chi connectivity index (χ3n) is 2.82. The fourth-order valence-corrected chi connectivity index (χ4v) is 1.79. The van der Waals surface area contributed by atoms with Gasteiger partial charge in [0.25, 0.3) is 0 Å². The van der Waals surface area contributed by atoms with Crippen LogP contribution in [0.15, 0.2) is 0 Å². The van der Waals surface area contributed by atoms with Crippen molar-refractivity contribution in [3.63, 3.8) is 0 Å². The molecule has 0 saturated carbocycles. The fraction of sp³-hybridized carbons (Fsp3) is 0.909. The Morgan fingerprint density at radius 3 is 2.93 bits per heavy atom. The van der Waals surface area contributed by atoms with Crippen LogP contribution < -0.4 is 10.6 Å². The highest BCUT2D eigenvalue weighted by atomic mass is 16.5. The van der Waals surface area contributed by atoms with Crippen molar-refractivity contribution >= 4 is 5.91 Å². The average molecular weight is 214 g/mol. The Kier molecular flexibility index (Phi) is 5.65. The zero-order valence-electron chi connectivity index (χ0n) is 9.71. The van der Waals surface area contributed by atoms with Gasteiger partial charge in [-0.1, -0.05) is 19.8 Å². The summed E-state index contributed by atoms with van der Waals surface area (Å²) in [4.78, 5) is 11.6. The summed E-state index contributed by atoms with van der Waals surface area (Å²) in [5.41, 5.74) is 0. The summed E-state index contributed by atoms with van der Waals surface area (Å²) in [5.74, 6) is 0.116. The molecule has 2 N–H and O–H groups in total. The van der Waals surface area contributed by atoms with E-state index >= 15 is 0 Å². The van der Waals surface area contributed by atoms with Crippen LogP contribution in [0, 0.1) is 0 Å². The smallest absolute Gasteiger partial charge is 0.237 e. The van der Waals surface area contributed by atoms with Crippen molar-refractivity contribution in [1.82, 2.24) is 10.6 Å². The van der Waals surface area contributed by atoms with Crippen LogP contribution in [-0.2, 0) is 9.53 Å². The lowest BCUT2D eigenvalue weighted by atomic mass is 10.2. The third kappa shape index (κ3) is 4.18. The molecule has 1 amide bonds. The Bertz CT molecular complexity index is 197. The minimum absolute atomic E-state index is 0.0587. The monoisotopic (exact) mass is 214 g/mol. The summed E-state index contributed by atoms with van der Waals surface area (Å²) in [6.07, 6.45) is 4.41. The second-order valence-electron chi connectivity index (χ2n) is 4.05. The van der Waals surface area contributed by atoms with Crippen LogP contribution in [0.25, 0.3) is 0 Å². The first-order valence-corrected chi connectivity index (χ1v) is 5.81. The number of nitrogens with one attached hydrogen (secondary N) is 2. The molecule has 15 heavy (non-hydrogen) atoms. The molecule has 0 aliphatic carbocycles. The first-order chi connectivity index (χ1) is 7.27. The van der Waals surface area contributed by atoms with Crippen LogP contribution in [0.1, 0.15) is 32.6 Å². The highest BCUT2D eigenvalue weighted by Gasteiger charge is 2.28. The van der Waals surface area contributed by atoms with Gasteiger partial charge in [0.2, 0.25) is 5.91 Å². The zero-order valence-corrected chi connectivity index (χ0v) is 9.71. The van der Waals surface area contributed by atoms with E-state index in [-0.39, 0.29) is 18.1 Å². The van der Waals surface area contributed by atoms with Gasteiger partial charge in [0.1, 0.15) is 0 Å². The van der Waals surface area contributed by atoms with Crippen molar-refractivity contribution in [3.05, 3.63) is 0 Å². The molecule has 0 spiro atoms. The quantitative estimate of drug-likeness (QED) is 0.639. The fourth-order valence-electron chi connectivity index (χ4n) is 1.79. The van der Waals surface area contributed by atoms with Crippen molar-refractivity contribution < 1.29 is 9.53 Å². The van der Waals surface area contributed by atoms with Crippen LogP contribution in [0.5, 0.6) is 0 Å². The first kappa shape index (κ1) is 12.5. The minimum atomic E-state index is -0.0587. The maximum Gasteiger partial charge on any atom is 0.237 e. The number of methoxy groups -OCH3 is 1. The van der Waals surface area contributed by atoms with E-state index in [2.05, 4.69) is 17.6 Å². The molecule has 4 heteroatoms. The molecule has 1 saturated heterocycles. The van der Waals surface area contributed by atoms with Gasteiger partial charge in [0.15, 0.2) is 0 Å². The van der Waals surface area contributed by atoms with Crippen LogP contribution >= 0.6 is 0 Å². The lowest BCUT2D eigenvalue weighted by molar-refractivity contribution is -0.122. The Labute approximate surface area is 91.8 Å². The van der Waals surface area contributed by atoms with Gasteiger partial charge in [-0.2, -0.15) is 0 Å². The maximum absolute atomic E-state index is 11.6. The summed E-state index contributed by atoms with van der Waals surface area (Å²) in [7, 11) is 1.69. The van der Waals surface area contributed by atoms with Crippen LogP contribution in [0.3, 0.4) is 0 Å². The predicted molar refractivity (Wildman–Crippen MR) is 59.7 cm³/mol. The molecule has 0 aromatic rings. The number of ether oxygens (including phenoxy) is 1. The van der Waals surface area contributed by atoms with Crippen molar-refractivity contribution in [2.24, 2.45) is 0 Å². The van der Waals surface area contributed by atoms with Crippen molar-refractivity contribution in [1.29, 1.82) is 0 Å². The van der Waals surface area contributed by atoms with Crippen LogP contribution in [-0.4, -0.2) is 38.3 Å². The lowest BCUT2D eigenvalue weighted by Gasteiger charge is -2.10. The van der Waals surface area contributed by atoms with Gasteiger partial charge >= 0.3 is 0 Å². The average Bonchev–Trinajstić information content (AvgIpc) is 2.72. The highest BCUT2D eigenvalue weighted by molar-refractivity contribution is 5.82. The Hall–Kier alpha value is -0.610. The standard InChI is InChI=1S/C11H22N2O2/c1-3-4-5-6-12-11(14)10-7-9(15-2)8-13-10/h9-10,13H,3-8H2,1-2H3,(H,12,14). The molecule has 0 aromatic heterocycles. The molecule has 1 fully saturated rings. The number of carbonyl (C=O) groups is 1. The van der Waals surface area contributed by atoms with E-state index in [0.717, 1.165) is 25.9 Å². The topological polar surface area (TPSA) is 50.4 Å². The molecule has 88 valence electrons. The lowest BCUT2D eigenvalue weighted by Crippen LogP contribution is -2.40. The van der Waals surface area contributed by atoms with E-state index in [4.69, 9.17) is 4.74 Å². The van der Waals surface area contributed by atoms with Gasteiger partial charge in [-0.05, 0) is 12.8 Å². The molecular formula is C11H22N2O2. The van der Waals surface area contributed by atoms with E-state index in [1.807, 2.05) is 0 Å². The van der Waals surface area contributed by atoms with Crippen molar-refractivity contribution in [3.8, 4) is 0 Å². The largest absolute Gasteiger partial charge is 0.380 e. The van der Waals surface area contributed by atoms with Gasteiger partial charge in [0, 0.05) is 20.2 Å². The van der Waals surface area contributed by atoms with Gasteiger partial charge in [-0.15, -0.1) is 0 Å². The van der Waals surface area contributed by atoms with E-state index in [0.29, 0.717) is 0 Å². The molecule has 1 rings (SSSR count). The Morgan fingerprint density at radius 1 is 1.53 bits per heavy atom. The van der Waals surface area contributed by atoms with Crippen LogP contribution in [0.2, 0.25) is 0 Å². The molecule has 0 bridgehead atoms. The molecule has 1 aliphatic rings. The van der Waals surface area contributed by atoms with Gasteiger partial charge in [-0.25, -0.2) is 0 Å². The predicted octanol–water partition coefficient (Wildman–Crippen LogP) is 0.670. The third-order valence-corrected chi connectivity index (χ3v) is 2.82. The zero-order chi connectivity index (χ0) is 11.1. The minimum Gasteiger partial charge on any atom is -0.380 e. The molecule has 0 radical (unpaired) electrons. The summed E-state index contributed by atoms with van der Waals surface area (Å²) in [5, 5.41) is 6.11. The van der Waals surface area contributed by atoms with Crippen molar-refractivity contribution in [2.75, 3.05) is 20.2 Å². The van der Waals surface area contributed by atoms with E-state index in [1.165, 1.54) is 12.8 Å². The number of carbonyl (C=O) groups excluding carboxylic acids is 1. The summed E-state index contributed by atoms with van der Waals surface area (Å²) in [6, 6.07) is -0.0587. The number of rotatable bonds is 6. The molecule has 2 unspecified atom stereocenters. The molecule has 4 nitrogen and oxygen atoms in total. The first-order valence-electron chi connectivity index (χ1n) is 5.81. The molecule has 1 heterocycles. The van der Waals surface area contributed by atoms with Crippen LogP contribution in [0.4, 0.5) is 0 Å². The number of unbranched alkanes of at least 4 members (excludes halogenated alkanes) is 2. The molecule has 2 atom stereocenters. The van der Waals surface area contributed by atoms with E-state index in [9.17, 15) is 4.79 Å². The summed E-state index contributed by atoms with van der Waals surface area (Å²) < 4.78 is 5.19. The second kappa shape index (κ2) is 6.80. The highest BCUT2D eigenvalue weighted by Crippen LogP contribution is 2.09. The second-order valence-corrected chi connectivity index (χ2v) is 4.05. The normalized spacial score (nSPS) is 25.5. The Balaban J connectivity index is 2.12. The molecule has 1 aliphatic heterocycles.